The predicted octanol–water partition coefficient (Wildman–Crippen LogP) is 2.75. The number of carbonyl (C=O) groups is 1. The molecule has 4 nitrogen and oxygen atoms in total. The maximum atomic E-state index is 14.1. The van der Waals surface area contributed by atoms with Crippen LogP contribution in [0.3, 0.4) is 0 Å². The second-order valence-electron chi connectivity index (χ2n) is 6.51. The van der Waals surface area contributed by atoms with Gasteiger partial charge in [0.05, 0.1) is 12.2 Å². The van der Waals surface area contributed by atoms with Crippen LogP contribution in [-0.4, -0.2) is 31.1 Å². The standard InChI is InChI=1S/C16H24FN3O/c1-16(2,3)18-11-15(21)19-12-6-7-14(13(17)10-12)20-8-4-5-9-20/h6-7,10,18H,4-5,8-9,11H2,1-3H3,(H,19,21). The van der Waals surface area contributed by atoms with Gasteiger partial charge in [-0.05, 0) is 51.8 Å². The zero-order valence-corrected chi connectivity index (χ0v) is 13.0. The Labute approximate surface area is 125 Å². The number of hydrogen-bond acceptors (Lipinski definition) is 3. The number of nitrogens with one attached hydrogen (secondary N) is 2. The molecule has 2 rings (SSSR count). The van der Waals surface area contributed by atoms with E-state index in [0.717, 1.165) is 25.9 Å². The molecule has 1 aromatic carbocycles. The molecule has 1 aliphatic heterocycles. The molecule has 0 radical (unpaired) electrons. The minimum absolute atomic E-state index is 0.123. The lowest BCUT2D eigenvalue weighted by Gasteiger charge is -2.20. The van der Waals surface area contributed by atoms with Crippen molar-refractivity contribution in [2.24, 2.45) is 0 Å². The van der Waals surface area contributed by atoms with Crippen LogP contribution in [0.2, 0.25) is 0 Å². The highest BCUT2D eigenvalue weighted by Crippen LogP contribution is 2.25. The number of nitrogens with zero attached hydrogens (tertiary/aromatic N) is 1. The van der Waals surface area contributed by atoms with Crippen molar-refractivity contribution in [1.82, 2.24) is 5.32 Å². The van der Waals surface area contributed by atoms with Crippen LogP contribution in [0.25, 0.3) is 0 Å². The van der Waals surface area contributed by atoms with Gasteiger partial charge in [0.1, 0.15) is 5.82 Å². The van der Waals surface area contributed by atoms with E-state index in [9.17, 15) is 9.18 Å². The topological polar surface area (TPSA) is 44.4 Å². The number of rotatable bonds is 4. The zero-order valence-electron chi connectivity index (χ0n) is 13.0. The normalized spacial score (nSPS) is 15.3. The summed E-state index contributed by atoms with van der Waals surface area (Å²) in [4.78, 5) is 13.8. The fourth-order valence-corrected chi connectivity index (χ4v) is 2.35. The third-order valence-electron chi connectivity index (χ3n) is 3.46. The van der Waals surface area contributed by atoms with E-state index in [2.05, 4.69) is 10.6 Å². The number of hydrogen-bond donors (Lipinski definition) is 2. The van der Waals surface area contributed by atoms with Crippen molar-refractivity contribution in [3.05, 3.63) is 24.0 Å². The molecule has 1 fully saturated rings. The van der Waals surface area contributed by atoms with Crippen LogP contribution in [0.4, 0.5) is 15.8 Å². The van der Waals surface area contributed by atoms with Crippen molar-refractivity contribution in [3.63, 3.8) is 0 Å². The van der Waals surface area contributed by atoms with E-state index in [0.29, 0.717) is 11.4 Å². The molecule has 0 unspecified atom stereocenters. The lowest BCUT2D eigenvalue weighted by molar-refractivity contribution is -0.115. The molecular formula is C16H24FN3O. The summed E-state index contributed by atoms with van der Waals surface area (Å²) < 4.78 is 14.1. The average molecular weight is 293 g/mol. The van der Waals surface area contributed by atoms with Gasteiger partial charge in [0, 0.05) is 24.3 Å². The van der Waals surface area contributed by atoms with E-state index in [-0.39, 0.29) is 23.8 Å². The number of amides is 1. The summed E-state index contributed by atoms with van der Waals surface area (Å²) in [6.07, 6.45) is 2.22. The first-order valence-corrected chi connectivity index (χ1v) is 7.44. The van der Waals surface area contributed by atoms with Crippen LogP contribution in [0.1, 0.15) is 33.6 Å². The Morgan fingerprint density at radius 3 is 2.52 bits per heavy atom. The Hall–Kier alpha value is -1.62. The molecule has 0 spiro atoms. The van der Waals surface area contributed by atoms with E-state index in [1.807, 2.05) is 25.7 Å². The van der Waals surface area contributed by atoms with E-state index >= 15 is 0 Å². The first kappa shape index (κ1) is 15.8. The highest BCUT2D eigenvalue weighted by Gasteiger charge is 2.17. The number of halogens is 1. The molecule has 1 amide bonds. The minimum Gasteiger partial charge on any atom is -0.369 e. The smallest absolute Gasteiger partial charge is 0.238 e. The molecule has 0 aliphatic carbocycles. The predicted molar refractivity (Wildman–Crippen MR) is 84.2 cm³/mol. The van der Waals surface area contributed by atoms with Crippen LogP contribution >= 0.6 is 0 Å². The third-order valence-corrected chi connectivity index (χ3v) is 3.46. The van der Waals surface area contributed by atoms with Crippen LogP contribution < -0.4 is 15.5 Å². The first-order valence-electron chi connectivity index (χ1n) is 7.44. The van der Waals surface area contributed by atoms with Crippen molar-refractivity contribution in [3.8, 4) is 0 Å². The van der Waals surface area contributed by atoms with E-state index in [4.69, 9.17) is 0 Å². The molecule has 0 aromatic heterocycles. The Morgan fingerprint density at radius 1 is 1.29 bits per heavy atom. The Morgan fingerprint density at radius 2 is 1.95 bits per heavy atom. The summed E-state index contributed by atoms with van der Waals surface area (Å²) in [5.74, 6) is -0.447. The fourth-order valence-electron chi connectivity index (χ4n) is 2.35. The first-order chi connectivity index (χ1) is 9.85. The van der Waals surface area contributed by atoms with Gasteiger partial charge < -0.3 is 15.5 Å². The van der Waals surface area contributed by atoms with E-state index < -0.39 is 0 Å². The lowest BCUT2D eigenvalue weighted by atomic mass is 10.1. The Balaban J connectivity index is 1.95. The molecular weight excluding hydrogens is 269 g/mol. The molecule has 0 atom stereocenters. The maximum Gasteiger partial charge on any atom is 0.238 e. The van der Waals surface area contributed by atoms with Crippen LogP contribution in [0, 0.1) is 5.82 Å². The van der Waals surface area contributed by atoms with E-state index in [1.165, 1.54) is 6.07 Å². The fraction of sp³-hybridized carbons (Fsp3) is 0.562. The summed E-state index contributed by atoms with van der Waals surface area (Å²) in [6.45, 7) is 7.98. The Bertz CT molecular complexity index is 505. The number of benzene rings is 1. The second kappa shape index (κ2) is 6.43. The SMILES string of the molecule is CC(C)(C)NCC(=O)Nc1ccc(N2CCCC2)c(F)c1. The van der Waals surface area contributed by atoms with Gasteiger partial charge in [-0.25, -0.2) is 4.39 Å². The highest BCUT2D eigenvalue weighted by atomic mass is 19.1. The summed E-state index contributed by atoms with van der Waals surface area (Å²) in [5.41, 5.74) is 0.997. The second-order valence-corrected chi connectivity index (χ2v) is 6.51. The highest BCUT2D eigenvalue weighted by molar-refractivity contribution is 5.92. The van der Waals surface area contributed by atoms with Crippen molar-refractivity contribution in [2.45, 2.75) is 39.2 Å². The van der Waals surface area contributed by atoms with Gasteiger partial charge in [-0.15, -0.1) is 0 Å². The maximum absolute atomic E-state index is 14.1. The van der Waals surface area contributed by atoms with Crippen LogP contribution in [-0.2, 0) is 4.79 Å². The van der Waals surface area contributed by atoms with E-state index in [1.54, 1.807) is 12.1 Å². The van der Waals surface area contributed by atoms with Gasteiger partial charge in [0.2, 0.25) is 5.91 Å². The average Bonchev–Trinajstić information content (AvgIpc) is 2.89. The number of anilines is 2. The van der Waals surface area contributed by atoms with Crippen LogP contribution in [0.15, 0.2) is 18.2 Å². The van der Waals surface area contributed by atoms with Crippen molar-refractivity contribution >= 4 is 17.3 Å². The number of carbonyl (C=O) groups excluding carboxylic acids is 1. The van der Waals surface area contributed by atoms with Gasteiger partial charge in [-0.3, -0.25) is 4.79 Å². The summed E-state index contributed by atoms with van der Waals surface area (Å²) in [7, 11) is 0. The quantitative estimate of drug-likeness (QED) is 0.897. The Kier molecular flexibility index (Phi) is 4.83. The molecule has 1 aromatic rings. The minimum atomic E-state index is -0.279. The van der Waals surface area contributed by atoms with Gasteiger partial charge in [0.25, 0.3) is 0 Å². The van der Waals surface area contributed by atoms with Gasteiger partial charge >= 0.3 is 0 Å². The molecule has 1 heterocycles. The van der Waals surface area contributed by atoms with Crippen molar-refractivity contribution < 1.29 is 9.18 Å². The molecule has 2 N–H and O–H groups in total. The summed E-state index contributed by atoms with van der Waals surface area (Å²) in [6, 6.07) is 4.89. The molecule has 1 saturated heterocycles. The largest absolute Gasteiger partial charge is 0.369 e. The summed E-state index contributed by atoms with van der Waals surface area (Å²) >= 11 is 0. The molecule has 0 bridgehead atoms. The van der Waals surface area contributed by atoms with Gasteiger partial charge in [0.15, 0.2) is 0 Å². The third kappa shape index (κ3) is 4.70. The van der Waals surface area contributed by atoms with Gasteiger partial charge in [-0.2, -0.15) is 0 Å². The molecule has 5 heteroatoms. The van der Waals surface area contributed by atoms with Crippen molar-refractivity contribution in [1.29, 1.82) is 0 Å². The van der Waals surface area contributed by atoms with Crippen LogP contribution in [0.5, 0.6) is 0 Å². The monoisotopic (exact) mass is 293 g/mol. The molecule has 116 valence electrons. The molecule has 0 saturated carbocycles. The zero-order chi connectivity index (χ0) is 15.5. The molecule has 1 aliphatic rings. The lowest BCUT2D eigenvalue weighted by Crippen LogP contribution is -2.41. The molecule has 21 heavy (non-hydrogen) atoms. The summed E-state index contributed by atoms with van der Waals surface area (Å²) in [5, 5.41) is 5.81. The van der Waals surface area contributed by atoms with Crippen molar-refractivity contribution in [2.75, 3.05) is 29.9 Å². The van der Waals surface area contributed by atoms with Gasteiger partial charge in [-0.1, -0.05) is 0 Å².